The highest BCUT2D eigenvalue weighted by Crippen LogP contribution is 2.17. The minimum absolute atomic E-state index is 0.0834. The van der Waals surface area contributed by atoms with E-state index in [1.54, 1.807) is 18.5 Å². The fourth-order valence-electron chi connectivity index (χ4n) is 2.13. The van der Waals surface area contributed by atoms with Gasteiger partial charge >= 0.3 is 5.97 Å². The minimum atomic E-state index is -0.721. The smallest absolute Gasteiger partial charge is 0.306 e. The number of nitrogens with one attached hydrogen (secondary N) is 1. The van der Waals surface area contributed by atoms with Crippen molar-refractivity contribution in [2.45, 2.75) is 12.8 Å². The number of aromatic nitrogens is 1. The van der Waals surface area contributed by atoms with Crippen molar-refractivity contribution in [1.29, 1.82) is 0 Å². The Hall–Kier alpha value is -1.62. The van der Waals surface area contributed by atoms with Crippen LogP contribution in [0.3, 0.4) is 0 Å². The van der Waals surface area contributed by atoms with E-state index in [0.29, 0.717) is 38.0 Å². The highest BCUT2D eigenvalue weighted by Gasteiger charge is 2.25. The van der Waals surface area contributed by atoms with Crippen molar-refractivity contribution < 1.29 is 14.7 Å². The first-order valence-corrected chi connectivity index (χ1v) is 5.78. The molecule has 1 aliphatic heterocycles. The Labute approximate surface area is 99.4 Å². The molecule has 0 bridgehead atoms. The molecule has 0 saturated carbocycles. The first-order chi connectivity index (χ1) is 8.16. The number of hydrogen-bond donors (Lipinski definition) is 2. The molecule has 1 fully saturated rings. The Bertz CT molecular complexity index is 392. The van der Waals surface area contributed by atoms with Crippen LogP contribution < -0.4 is 0 Å². The van der Waals surface area contributed by atoms with Gasteiger partial charge in [-0.1, -0.05) is 0 Å². The lowest BCUT2D eigenvalue weighted by molar-refractivity contribution is -0.143. The number of nitrogens with zero attached hydrogens (tertiary/aromatic N) is 1. The monoisotopic (exact) mass is 236 g/mol. The number of Topliss-reactive ketones (excluding diaryl/α,β-unsaturated/α-hetero) is 1. The van der Waals surface area contributed by atoms with E-state index in [2.05, 4.69) is 4.98 Å². The van der Waals surface area contributed by atoms with E-state index in [-0.39, 0.29) is 11.7 Å². The molecule has 1 aromatic heterocycles. The molecule has 1 saturated heterocycles. The fraction of sp³-hybridized carbons (Fsp3) is 0.500. The zero-order chi connectivity index (χ0) is 12.3. The van der Waals surface area contributed by atoms with Crippen LogP contribution in [-0.4, -0.2) is 46.4 Å². The van der Waals surface area contributed by atoms with Crippen LogP contribution in [0.15, 0.2) is 18.5 Å². The molecule has 1 aliphatic rings. The number of rotatable bonds is 4. The SMILES string of the molecule is O=C(CN1CCC(C(=O)O)CC1)c1cc[nH]c1. The van der Waals surface area contributed by atoms with E-state index in [9.17, 15) is 9.59 Å². The van der Waals surface area contributed by atoms with Crippen molar-refractivity contribution in [3.63, 3.8) is 0 Å². The van der Waals surface area contributed by atoms with Gasteiger partial charge < -0.3 is 10.1 Å². The first-order valence-electron chi connectivity index (χ1n) is 5.78. The van der Waals surface area contributed by atoms with Gasteiger partial charge in [-0.05, 0) is 32.0 Å². The number of aliphatic carboxylic acids is 1. The number of H-pyrrole nitrogens is 1. The Morgan fingerprint density at radius 2 is 2.12 bits per heavy atom. The molecular formula is C12H16N2O3. The van der Waals surface area contributed by atoms with E-state index in [0.717, 1.165) is 0 Å². The molecule has 0 aliphatic carbocycles. The molecule has 0 atom stereocenters. The van der Waals surface area contributed by atoms with Gasteiger partial charge in [-0.15, -0.1) is 0 Å². The van der Waals surface area contributed by atoms with Gasteiger partial charge in [-0.25, -0.2) is 0 Å². The summed E-state index contributed by atoms with van der Waals surface area (Å²) in [5, 5.41) is 8.87. The summed E-state index contributed by atoms with van der Waals surface area (Å²) in [5.74, 6) is -0.879. The summed E-state index contributed by atoms with van der Waals surface area (Å²) in [5.41, 5.74) is 0.686. The molecule has 0 aromatic carbocycles. The highest BCUT2D eigenvalue weighted by molar-refractivity contribution is 5.97. The molecule has 1 aromatic rings. The number of likely N-dealkylation sites (tertiary alicyclic amines) is 1. The van der Waals surface area contributed by atoms with Gasteiger partial charge in [0.05, 0.1) is 12.5 Å². The van der Waals surface area contributed by atoms with Crippen LogP contribution in [0.5, 0.6) is 0 Å². The summed E-state index contributed by atoms with van der Waals surface area (Å²) in [4.78, 5) is 27.5. The van der Waals surface area contributed by atoms with Crippen molar-refractivity contribution in [1.82, 2.24) is 9.88 Å². The summed E-state index contributed by atoms with van der Waals surface area (Å²) >= 11 is 0. The number of carbonyl (C=O) groups is 2. The van der Waals surface area contributed by atoms with Gasteiger partial charge in [0.25, 0.3) is 0 Å². The maximum Gasteiger partial charge on any atom is 0.306 e. The van der Waals surface area contributed by atoms with Crippen LogP contribution in [0.4, 0.5) is 0 Å². The molecule has 0 spiro atoms. The zero-order valence-corrected chi connectivity index (χ0v) is 9.56. The maximum absolute atomic E-state index is 11.8. The fourth-order valence-corrected chi connectivity index (χ4v) is 2.13. The first kappa shape index (κ1) is 11.9. The highest BCUT2D eigenvalue weighted by atomic mass is 16.4. The number of ketones is 1. The third-order valence-electron chi connectivity index (χ3n) is 3.22. The van der Waals surface area contributed by atoms with Gasteiger partial charge in [-0.3, -0.25) is 14.5 Å². The van der Waals surface area contributed by atoms with Gasteiger partial charge in [-0.2, -0.15) is 0 Å². The molecule has 2 heterocycles. The summed E-state index contributed by atoms with van der Waals surface area (Å²) in [6.07, 6.45) is 4.68. The number of carboxylic acid groups (broad SMARTS) is 1. The number of hydrogen-bond acceptors (Lipinski definition) is 3. The van der Waals surface area contributed by atoms with Gasteiger partial charge in [0.1, 0.15) is 0 Å². The minimum Gasteiger partial charge on any atom is -0.481 e. The van der Waals surface area contributed by atoms with Crippen molar-refractivity contribution >= 4 is 11.8 Å². The van der Waals surface area contributed by atoms with E-state index >= 15 is 0 Å². The molecular weight excluding hydrogens is 220 g/mol. The topological polar surface area (TPSA) is 73.4 Å². The third-order valence-corrected chi connectivity index (χ3v) is 3.22. The van der Waals surface area contributed by atoms with Gasteiger partial charge in [0.2, 0.25) is 0 Å². The predicted molar refractivity (Wildman–Crippen MR) is 61.9 cm³/mol. The maximum atomic E-state index is 11.8. The lowest BCUT2D eigenvalue weighted by atomic mass is 9.97. The van der Waals surface area contributed by atoms with Gasteiger partial charge in [0.15, 0.2) is 5.78 Å². The standard InChI is InChI=1S/C12H16N2O3/c15-11(10-1-4-13-7-10)8-14-5-2-9(3-6-14)12(16)17/h1,4,7,9,13H,2-3,5-6,8H2,(H,16,17). The van der Waals surface area contributed by atoms with Crippen LogP contribution in [0.25, 0.3) is 0 Å². The quantitative estimate of drug-likeness (QED) is 0.765. The second-order valence-corrected chi connectivity index (χ2v) is 4.41. The molecule has 5 heteroatoms. The Kier molecular flexibility index (Phi) is 3.58. The number of piperidine rings is 1. The second-order valence-electron chi connectivity index (χ2n) is 4.41. The van der Waals surface area contributed by atoms with Crippen LogP contribution in [0, 0.1) is 5.92 Å². The number of carboxylic acids is 1. The van der Waals surface area contributed by atoms with E-state index in [1.807, 2.05) is 4.90 Å². The zero-order valence-electron chi connectivity index (χ0n) is 9.56. The summed E-state index contributed by atoms with van der Waals surface area (Å²) in [6, 6.07) is 1.76. The molecule has 92 valence electrons. The molecule has 0 unspecified atom stereocenters. The summed E-state index contributed by atoms with van der Waals surface area (Å²) in [7, 11) is 0. The largest absolute Gasteiger partial charge is 0.481 e. The van der Waals surface area contributed by atoms with Crippen molar-refractivity contribution in [2.24, 2.45) is 5.92 Å². The molecule has 2 N–H and O–H groups in total. The van der Waals surface area contributed by atoms with Crippen LogP contribution in [0.1, 0.15) is 23.2 Å². The Morgan fingerprint density at radius 1 is 1.41 bits per heavy atom. The average Bonchev–Trinajstić information content (AvgIpc) is 2.83. The van der Waals surface area contributed by atoms with Crippen molar-refractivity contribution in [3.05, 3.63) is 24.0 Å². The van der Waals surface area contributed by atoms with E-state index < -0.39 is 5.97 Å². The van der Waals surface area contributed by atoms with Gasteiger partial charge in [0, 0.05) is 18.0 Å². The third kappa shape index (κ3) is 2.94. The Morgan fingerprint density at radius 3 is 2.65 bits per heavy atom. The van der Waals surface area contributed by atoms with Crippen LogP contribution in [-0.2, 0) is 4.79 Å². The lowest BCUT2D eigenvalue weighted by Crippen LogP contribution is -2.39. The van der Waals surface area contributed by atoms with E-state index in [1.165, 1.54) is 0 Å². The molecule has 2 rings (SSSR count). The number of carbonyl (C=O) groups excluding carboxylic acids is 1. The predicted octanol–water partition coefficient (Wildman–Crippen LogP) is 0.994. The lowest BCUT2D eigenvalue weighted by Gasteiger charge is -2.29. The summed E-state index contributed by atoms with van der Waals surface area (Å²) in [6.45, 7) is 1.75. The number of aromatic amines is 1. The second kappa shape index (κ2) is 5.14. The summed E-state index contributed by atoms with van der Waals surface area (Å²) < 4.78 is 0. The average molecular weight is 236 g/mol. The van der Waals surface area contributed by atoms with Crippen LogP contribution >= 0.6 is 0 Å². The van der Waals surface area contributed by atoms with Crippen LogP contribution in [0.2, 0.25) is 0 Å². The van der Waals surface area contributed by atoms with Crippen molar-refractivity contribution in [2.75, 3.05) is 19.6 Å². The molecule has 0 radical (unpaired) electrons. The normalized spacial score (nSPS) is 18.1. The molecule has 5 nitrogen and oxygen atoms in total. The molecule has 0 amide bonds. The van der Waals surface area contributed by atoms with Crippen molar-refractivity contribution in [3.8, 4) is 0 Å². The molecule has 17 heavy (non-hydrogen) atoms. The van der Waals surface area contributed by atoms with E-state index in [4.69, 9.17) is 5.11 Å². The Balaban J connectivity index is 1.82.